The van der Waals surface area contributed by atoms with E-state index in [9.17, 15) is 9.90 Å². The second kappa shape index (κ2) is 9.13. The normalized spacial score (nSPS) is 15.8. The molecule has 1 aliphatic rings. The van der Waals surface area contributed by atoms with E-state index in [0.717, 1.165) is 18.4 Å². The molecule has 0 fully saturated rings. The van der Waals surface area contributed by atoms with Crippen LogP contribution in [0.2, 0.25) is 0 Å². The summed E-state index contributed by atoms with van der Waals surface area (Å²) in [7, 11) is 0. The van der Waals surface area contributed by atoms with Crippen LogP contribution in [0.1, 0.15) is 63.9 Å². The van der Waals surface area contributed by atoms with E-state index < -0.39 is 5.97 Å². The Morgan fingerprint density at radius 1 is 1.04 bits per heavy atom. The van der Waals surface area contributed by atoms with Gasteiger partial charge in [-0.2, -0.15) is 0 Å². The largest absolute Gasteiger partial charge is 0.508 e. The van der Waals surface area contributed by atoms with Crippen molar-refractivity contribution >= 4 is 17.9 Å². The minimum atomic E-state index is -0.393. The molecule has 0 saturated heterocycles. The van der Waals surface area contributed by atoms with Gasteiger partial charge in [0.2, 0.25) is 0 Å². The highest BCUT2D eigenvalue weighted by molar-refractivity contribution is 6.07. The number of cyclic esters (lactones) is 1. The van der Waals surface area contributed by atoms with Gasteiger partial charge in [0.1, 0.15) is 5.75 Å². The molecule has 124 valence electrons. The number of rotatable bonds is 9. The third-order valence-corrected chi connectivity index (χ3v) is 3.86. The summed E-state index contributed by atoms with van der Waals surface area (Å²) in [5.74, 6) is 0.328. The zero-order chi connectivity index (χ0) is 16.5. The van der Waals surface area contributed by atoms with Crippen molar-refractivity contribution in [1.82, 2.24) is 0 Å². The lowest BCUT2D eigenvalue weighted by Crippen LogP contribution is -2.03. The number of carbonyl (C=O) groups excluding carboxylic acids is 1. The summed E-state index contributed by atoms with van der Waals surface area (Å²) >= 11 is 0. The number of carbonyl (C=O) groups is 1. The molecular weight excluding hydrogens is 290 g/mol. The van der Waals surface area contributed by atoms with Gasteiger partial charge in [0.25, 0.3) is 0 Å². The van der Waals surface area contributed by atoms with Gasteiger partial charge in [-0.15, -0.1) is 0 Å². The van der Waals surface area contributed by atoms with E-state index in [0.29, 0.717) is 18.0 Å². The van der Waals surface area contributed by atoms with Gasteiger partial charge >= 0.3 is 5.97 Å². The second-order valence-electron chi connectivity index (χ2n) is 5.89. The predicted molar refractivity (Wildman–Crippen MR) is 92.2 cm³/mol. The van der Waals surface area contributed by atoms with Gasteiger partial charge in [0.05, 0.1) is 0 Å². The zero-order valence-electron chi connectivity index (χ0n) is 13.8. The second-order valence-corrected chi connectivity index (χ2v) is 5.89. The molecule has 0 saturated carbocycles. The highest BCUT2D eigenvalue weighted by atomic mass is 16.6. The Balaban J connectivity index is 1.78. The van der Waals surface area contributed by atoms with Gasteiger partial charge in [-0.05, 0) is 30.2 Å². The number of ether oxygens (including phenoxy) is 1. The highest BCUT2D eigenvalue weighted by Gasteiger charge is 2.22. The van der Waals surface area contributed by atoms with Gasteiger partial charge < -0.3 is 9.84 Å². The molecular formula is C19H25NO3. The molecule has 4 heteroatoms. The van der Waals surface area contributed by atoms with Crippen LogP contribution >= 0.6 is 0 Å². The van der Waals surface area contributed by atoms with E-state index in [-0.39, 0.29) is 5.75 Å². The van der Waals surface area contributed by atoms with Crippen LogP contribution in [0.15, 0.2) is 35.0 Å². The van der Waals surface area contributed by atoms with Crippen molar-refractivity contribution < 1.29 is 14.6 Å². The number of nitrogens with zero attached hydrogens (tertiary/aromatic N) is 1. The summed E-state index contributed by atoms with van der Waals surface area (Å²) in [6.07, 6.45) is 11.0. The number of unbranched alkanes of at least 4 members (excludes halogenated alkanes) is 6. The van der Waals surface area contributed by atoms with Gasteiger partial charge in [-0.25, -0.2) is 9.79 Å². The number of phenolic OH excluding ortho intramolecular Hbond substituents is 1. The first-order chi connectivity index (χ1) is 11.2. The van der Waals surface area contributed by atoms with E-state index >= 15 is 0 Å². The summed E-state index contributed by atoms with van der Waals surface area (Å²) in [5.41, 5.74) is 1.14. The number of aromatic hydroxyl groups is 1. The average Bonchev–Trinajstić information content (AvgIpc) is 2.88. The summed E-state index contributed by atoms with van der Waals surface area (Å²) in [6, 6.07) is 6.63. The van der Waals surface area contributed by atoms with Crippen molar-refractivity contribution in [2.24, 2.45) is 4.99 Å². The van der Waals surface area contributed by atoms with Crippen molar-refractivity contribution in [3.63, 3.8) is 0 Å². The average molecular weight is 315 g/mol. The van der Waals surface area contributed by atoms with Crippen molar-refractivity contribution in [3.05, 3.63) is 35.5 Å². The first kappa shape index (κ1) is 17.3. The summed E-state index contributed by atoms with van der Waals surface area (Å²) < 4.78 is 5.21. The number of hydrogen-bond acceptors (Lipinski definition) is 4. The lowest BCUT2D eigenvalue weighted by Gasteiger charge is -2.00. The molecule has 0 aliphatic carbocycles. The minimum Gasteiger partial charge on any atom is -0.508 e. The van der Waals surface area contributed by atoms with Gasteiger partial charge in [-0.1, -0.05) is 57.6 Å². The summed E-state index contributed by atoms with van der Waals surface area (Å²) in [4.78, 5) is 16.1. The van der Waals surface area contributed by atoms with Crippen LogP contribution in [0.4, 0.5) is 0 Å². The maximum absolute atomic E-state index is 11.8. The Morgan fingerprint density at radius 3 is 2.39 bits per heavy atom. The molecule has 0 bridgehead atoms. The Morgan fingerprint density at radius 2 is 1.70 bits per heavy atom. The maximum Gasteiger partial charge on any atom is 0.363 e. The van der Waals surface area contributed by atoms with Crippen LogP contribution in [0.3, 0.4) is 0 Å². The van der Waals surface area contributed by atoms with Gasteiger partial charge in [-0.3, -0.25) is 0 Å². The van der Waals surface area contributed by atoms with Crippen molar-refractivity contribution in [2.75, 3.05) is 0 Å². The molecule has 0 unspecified atom stereocenters. The summed E-state index contributed by atoms with van der Waals surface area (Å²) in [6.45, 7) is 2.22. The van der Waals surface area contributed by atoms with Crippen LogP contribution in [0, 0.1) is 0 Å². The third-order valence-electron chi connectivity index (χ3n) is 3.86. The molecule has 0 aromatic heterocycles. The molecule has 1 N–H and O–H groups in total. The number of aliphatic imine (C=N–C) groups is 1. The van der Waals surface area contributed by atoms with E-state index in [1.54, 1.807) is 30.3 Å². The first-order valence-corrected chi connectivity index (χ1v) is 8.49. The molecule has 0 radical (unpaired) electrons. The van der Waals surface area contributed by atoms with E-state index in [1.807, 2.05) is 0 Å². The summed E-state index contributed by atoms with van der Waals surface area (Å²) in [5, 5.41) is 9.26. The lowest BCUT2D eigenvalue weighted by molar-refractivity contribution is -0.130. The molecule has 1 aliphatic heterocycles. The Labute approximate surface area is 137 Å². The Hall–Kier alpha value is -2.10. The lowest BCUT2D eigenvalue weighted by atomic mass is 10.1. The van der Waals surface area contributed by atoms with Crippen molar-refractivity contribution in [2.45, 2.75) is 58.3 Å². The Bertz CT molecular complexity index is 573. The standard InChI is InChI=1S/C19H25NO3/c1-2-3-4-5-6-7-8-9-18-20-17(19(22)23-18)14-15-10-12-16(21)13-11-15/h10-14,21H,2-9H2,1H3. The minimum absolute atomic E-state index is 0.198. The predicted octanol–water partition coefficient (Wildman–Crippen LogP) is 4.83. The van der Waals surface area contributed by atoms with Crippen molar-refractivity contribution in [3.8, 4) is 5.75 Å². The highest BCUT2D eigenvalue weighted by Crippen LogP contribution is 2.19. The molecule has 0 atom stereocenters. The van der Waals surface area contributed by atoms with E-state index in [1.165, 1.54) is 32.1 Å². The van der Waals surface area contributed by atoms with Crippen LogP contribution in [-0.4, -0.2) is 17.0 Å². The maximum atomic E-state index is 11.8. The number of phenols is 1. The molecule has 4 nitrogen and oxygen atoms in total. The molecule has 2 rings (SSSR count). The van der Waals surface area contributed by atoms with Gasteiger partial charge in [0, 0.05) is 6.42 Å². The number of esters is 1. The van der Waals surface area contributed by atoms with Crippen LogP contribution in [0.25, 0.3) is 6.08 Å². The van der Waals surface area contributed by atoms with Gasteiger partial charge in [0.15, 0.2) is 11.6 Å². The molecule has 0 amide bonds. The first-order valence-electron chi connectivity index (χ1n) is 8.49. The molecule has 0 spiro atoms. The topological polar surface area (TPSA) is 58.9 Å². The number of benzene rings is 1. The smallest absolute Gasteiger partial charge is 0.363 e. The fraction of sp³-hybridized carbons (Fsp3) is 0.474. The molecule has 23 heavy (non-hydrogen) atoms. The molecule has 1 aromatic carbocycles. The third kappa shape index (κ3) is 5.89. The van der Waals surface area contributed by atoms with E-state index in [2.05, 4.69) is 11.9 Å². The van der Waals surface area contributed by atoms with Crippen molar-refractivity contribution in [1.29, 1.82) is 0 Å². The van der Waals surface area contributed by atoms with Crippen LogP contribution in [0.5, 0.6) is 5.75 Å². The Kier molecular flexibility index (Phi) is 6.85. The monoisotopic (exact) mass is 315 g/mol. The van der Waals surface area contributed by atoms with Crippen LogP contribution in [-0.2, 0) is 9.53 Å². The fourth-order valence-electron chi connectivity index (χ4n) is 2.52. The van der Waals surface area contributed by atoms with Crippen LogP contribution < -0.4 is 0 Å². The molecule has 1 heterocycles. The zero-order valence-corrected chi connectivity index (χ0v) is 13.8. The molecule has 1 aromatic rings. The SMILES string of the molecule is CCCCCCCCCC1=NC(=Cc2ccc(O)cc2)C(=O)O1. The fourth-order valence-corrected chi connectivity index (χ4v) is 2.52. The quantitative estimate of drug-likeness (QED) is 0.403. The number of hydrogen-bond donors (Lipinski definition) is 1. The van der Waals surface area contributed by atoms with E-state index in [4.69, 9.17) is 4.74 Å².